The molecule has 146 valence electrons. The fourth-order valence-corrected chi connectivity index (χ4v) is 4.13. The number of carbonyl (C=O) groups excluding carboxylic acids is 2. The minimum absolute atomic E-state index is 0.0587. The molecule has 2 amide bonds. The van der Waals surface area contributed by atoms with Gasteiger partial charge in [-0.1, -0.05) is 12.1 Å². The highest BCUT2D eigenvalue weighted by atomic mass is 16.5. The molecule has 1 atom stereocenters. The van der Waals surface area contributed by atoms with Crippen LogP contribution in [0.3, 0.4) is 0 Å². The van der Waals surface area contributed by atoms with E-state index in [0.29, 0.717) is 22.6 Å². The molecule has 6 heteroatoms. The Balaban J connectivity index is 1.40. The molecule has 0 spiro atoms. The first kappa shape index (κ1) is 18.5. The molecule has 0 saturated carbocycles. The highest BCUT2D eigenvalue weighted by Gasteiger charge is 2.29. The number of primary amides is 1. The fraction of sp³-hybridized carbons (Fsp3) is 0.364. The van der Waals surface area contributed by atoms with E-state index in [4.69, 9.17) is 10.5 Å². The predicted molar refractivity (Wildman–Crippen MR) is 107 cm³/mol. The second-order valence-electron chi connectivity index (χ2n) is 7.64. The van der Waals surface area contributed by atoms with Crippen molar-refractivity contribution in [2.24, 2.45) is 11.7 Å². The first-order valence-electron chi connectivity index (χ1n) is 9.78. The lowest BCUT2D eigenvalue weighted by Gasteiger charge is -2.26. The van der Waals surface area contributed by atoms with Crippen molar-refractivity contribution in [3.8, 4) is 11.5 Å². The average molecular weight is 379 g/mol. The molecule has 2 aromatic rings. The number of benzene rings is 2. The van der Waals surface area contributed by atoms with Crippen LogP contribution in [0, 0.1) is 5.92 Å². The lowest BCUT2D eigenvalue weighted by molar-refractivity contribution is 0.0928. The quantitative estimate of drug-likeness (QED) is 0.837. The first-order valence-corrected chi connectivity index (χ1v) is 9.78. The van der Waals surface area contributed by atoms with Crippen LogP contribution in [0.4, 0.5) is 0 Å². The smallest absolute Gasteiger partial charge is 0.252 e. The number of hydrogen-bond acceptors (Lipinski definition) is 4. The van der Waals surface area contributed by atoms with Gasteiger partial charge in [-0.25, -0.2) is 0 Å². The van der Waals surface area contributed by atoms with Gasteiger partial charge in [0.1, 0.15) is 11.5 Å². The molecule has 3 N–H and O–H groups in total. The Morgan fingerprint density at radius 2 is 1.75 bits per heavy atom. The number of carbonyl (C=O) groups is 2. The van der Waals surface area contributed by atoms with Crippen molar-refractivity contribution < 1.29 is 14.3 Å². The van der Waals surface area contributed by atoms with Crippen molar-refractivity contribution in [1.82, 2.24) is 10.2 Å². The molecule has 5 rings (SSSR count). The molecule has 1 unspecified atom stereocenters. The van der Waals surface area contributed by atoms with Gasteiger partial charge in [0.15, 0.2) is 0 Å². The van der Waals surface area contributed by atoms with Crippen LogP contribution < -0.4 is 15.8 Å². The Kier molecular flexibility index (Phi) is 5.30. The van der Waals surface area contributed by atoms with E-state index in [0.717, 1.165) is 32.0 Å². The second-order valence-corrected chi connectivity index (χ2v) is 7.64. The van der Waals surface area contributed by atoms with Crippen LogP contribution in [0.2, 0.25) is 0 Å². The van der Waals surface area contributed by atoms with E-state index in [1.165, 1.54) is 12.8 Å². The van der Waals surface area contributed by atoms with Crippen molar-refractivity contribution in [1.29, 1.82) is 0 Å². The third kappa shape index (κ3) is 4.17. The molecule has 0 radical (unpaired) electrons. The molecule has 0 aliphatic carbocycles. The van der Waals surface area contributed by atoms with Crippen molar-refractivity contribution in [2.75, 3.05) is 19.6 Å². The Morgan fingerprint density at radius 1 is 1.04 bits per heavy atom. The van der Waals surface area contributed by atoms with E-state index in [1.807, 2.05) is 0 Å². The van der Waals surface area contributed by atoms with Crippen molar-refractivity contribution >= 4 is 11.8 Å². The highest BCUT2D eigenvalue weighted by molar-refractivity contribution is 5.96. The maximum atomic E-state index is 12.6. The highest BCUT2D eigenvalue weighted by Crippen LogP contribution is 2.27. The maximum Gasteiger partial charge on any atom is 0.252 e. The monoisotopic (exact) mass is 379 g/mol. The van der Waals surface area contributed by atoms with Gasteiger partial charge < -0.3 is 20.7 Å². The van der Waals surface area contributed by atoms with Gasteiger partial charge in [0.25, 0.3) is 11.8 Å². The molecule has 2 aromatic carbocycles. The number of fused-ring (bicyclic) bond motifs is 4. The van der Waals surface area contributed by atoms with Crippen LogP contribution in [0.5, 0.6) is 11.5 Å². The molecule has 2 bridgehead atoms. The van der Waals surface area contributed by atoms with E-state index in [9.17, 15) is 9.59 Å². The summed E-state index contributed by atoms with van der Waals surface area (Å²) < 4.78 is 5.77. The van der Waals surface area contributed by atoms with E-state index in [-0.39, 0.29) is 11.9 Å². The minimum Gasteiger partial charge on any atom is -0.457 e. The molecule has 28 heavy (non-hydrogen) atoms. The van der Waals surface area contributed by atoms with Crippen LogP contribution >= 0.6 is 0 Å². The average Bonchev–Trinajstić information content (AvgIpc) is 3.01. The summed E-state index contributed by atoms with van der Waals surface area (Å²) in [5.41, 5.74) is 6.30. The third-order valence-electron chi connectivity index (χ3n) is 5.64. The zero-order valence-electron chi connectivity index (χ0n) is 15.8. The SMILES string of the molecule is NC(=O)c1ccccc1Oc1ccc(C(=O)NC2CC3CCN(CC3)C2)cc1. The number of amides is 2. The van der Waals surface area contributed by atoms with Crippen LogP contribution in [-0.4, -0.2) is 42.4 Å². The van der Waals surface area contributed by atoms with Crippen LogP contribution in [0.15, 0.2) is 48.5 Å². The fourth-order valence-electron chi connectivity index (χ4n) is 4.13. The summed E-state index contributed by atoms with van der Waals surface area (Å²) in [6.07, 6.45) is 3.55. The lowest BCUT2D eigenvalue weighted by atomic mass is 9.94. The molecule has 3 fully saturated rings. The topological polar surface area (TPSA) is 84.7 Å². The molecule has 3 heterocycles. The Bertz CT molecular complexity index is 844. The number of para-hydroxylation sites is 1. The Labute approximate surface area is 164 Å². The maximum absolute atomic E-state index is 12.6. The summed E-state index contributed by atoms with van der Waals surface area (Å²) >= 11 is 0. The zero-order chi connectivity index (χ0) is 19.5. The van der Waals surface area contributed by atoms with Gasteiger partial charge in [-0.15, -0.1) is 0 Å². The summed E-state index contributed by atoms with van der Waals surface area (Å²) in [6, 6.07) is 14.0. The van der Waals surface area contributed by atoms with Gasteiger partial charge >= 0.3 is 0 Å². The standard InChI is InChI=1S/C22H25N3O3/c23-21(26)19-3-1-2-4-20(19)28-18-7-5-16(6-8-18)22(27)24-17-13-15-9-11-25(14-17)12-10-15/h1-8,15,17H,9-14H2,(H2,23,26)(H,24,27). The summed E-state index contributed by atoms with van der Waals surface area (Å²) in [5.74, 6) is 1.07. The number of ether oxygens (including phenoxy) is 1. The van der Waals surface area contributed by atoms with Gasteiger partial charge in [-0.3, -0.25) is 9.59 Å². The molecule has 3 aliphatic heterocycles. The van der Waals surface area contributed by atoms with E-state index >= 15 is 0 Å². The lowest BCUT2D eigenvalue weighted by Crippen LogP contribution is -2.41. The second kappa shape index (κ2) is 8.02. The number of nitrogens with zero attached hydrogens (tertiary/aromatic N) is 1. The van der Waals surface area contributed by atoms with Gasteiger partial charge in [0.05, 0.1) is 5.56 Å². The minimum atomic E-state index is -0.542. The van der Waals surface area contributed by atoms with Gasteiger partial charge in [-0.2, -0.15) is 0 Å². The molecular formula is C22H25N3O3. The van der Waals surface area contributed by atoms with E-state index in [2.05, 4.69) is 10.2 Å². The molecular weight excluding hydrogens is 354 g/mol. The van der Waals surface area contributed by atoms with Gasteiger partial charge in [0, 0.05) is 18.2 Å². The zero-order valence-corrected chi connectivity index (χ0v) is 15.8. The summed E-state index contributed by atoms with van der Waals surface area (Å²) in [6.45, 7) is 3.24. The molecule has 3 saturated heterocycles. The third-order valence-corrected chi connectivity index (χ3v) is 5.64. The van der Waals surface area contributed by atoms with Crippen LogP contribution in [0.1, 0.15) is 40.0 Å². The number of nitrogens with one attached hydrogen (secondary N) is 1. The van der Waals surface area contributed by atoms with Crippen LogP contribution in [0.25, 0.3) is 0 Å². The normalized spacial score (nSPS) is 23.6. The number of nitrogens with two attached hydrogens (primary N) is 1. The predicted octanol–water partition coefficient (Wildman–Crippen LogP) is 2.79. The summed E-state index contributed by atoms with van der Waals surface area (Å²) in [7, 11) is 0. The number of rotatable bonds is 5. The van der Waals surface area contributed by atoms with Crippen molar-refractivity contribution in [2.45, 2.75) is 25.3 Å². The number of piperidine rings is 1. The van der Waals surface area contributed by atoms with E-state index in [1.54, 1.807) is 48.5 Å². The Hall–Kier alpha value is -2.86. The van der Waals surface area contributed by atoms with Gasteiger partial charge in [0.2, 0.25) is 0 Å². The van der Waals surface area contributed by atoms with Crippen molar-refractivity contribution in [3.05, 3.63) is 59.7 Å². The first-order chi connectivity index (χ1) is 13.6. The van der Waals surface area contributed by atoms with Crippen molar-refractivity contribution in [3.63, 3.8) is 0 Å². The summed E-state index contributed by atoms with van der Waals surface area (Å²) in [4.78, 5) is 26.6. The molecule has 3 aliphatic rings. The Morgan fingerprint density at radius 3 is 2.46 bits per heavy atom. The number of hydrogen-bond donors (Lipinski definition) is 2. The van der Waals surface area contributed by atoms with Crippen LogP contribution in [-0.2, 0) is 0 Å². The largest absolute Gasteiger partial charge is 0.457 e. The van der Waals surface area contributed by atoms with E-state index < -0.39 is 5.91 Å². The van der Waals surface area contributed by atoms with Gasteiger partial charge in [-0.05, 0) is 74.7 Å². The molecule has 0 aromatic heterocycles. The summed E-state index contributed by atoms with van der Waals surface area (Å²) in [5, 5.41) is 3.19. The molecule has 6 nitrogen and oxygen atoms in total.